The lowest BCUT2D eigenvalue weighted by molar-refractivity contribution is -0.138. The number of carbonyl (C=O) groups is 2. The van der Waals surface area contributed by atoms with Crippen LogP contribution in [0.1, 0.15) is 27.8 Å². The van der Waals surface area contributed by atoms with E-state index in [4.69, 9.17) is 25.9 Å². The Kier molecular flexibility index (Phi) is 4.72. The monoisotopic (exact) mass is 324 g/mol. The number of furan rings is 1. The number of rotatable bonds is 6. The molecule has 0 spiro atoms. The first-order chi connectivity index (χ1) is 10.4. The fourth-order valence-corrected chi connectivity index (χ4v) is 2.32. The van der Waals surface area contributed by atoms with Crippen molar-refractivity contribution in [3.8, 4) is 5.75 Å². The maximum Gasteiger partial charge on any atom is 0.371 e. The molecule has 2 rings (SSSR count). The molecule has 7 heteroatoms. The number of halogens is 1. The van der Waals surface area contributed by atoms with Gasteiger partial charge in [-0.15, -0.1) is 0 Å². The largest absolute Gasteiger partial charge is 0.495 e. The third-order valence-electron chi connectivity index (χ3n) is 3.15. The van der Waals surface area contributed by atoms with Crippen molar-refractivity contribution < 1.29 is 29.0 Å². The molecule has 0 aliphatic carbocycles. The van der Waals surface area contributed by atoms with Gasteiger partial charge in [0.05, 0.1) is 18.1 Å². The van der Waals surface area contributed by atoms with Gasteiger partial charge in [-0.3, -0.25) is 4.79 Å². The Hall–Kier alpha value is -2.47. The zero-order valence-electron chi connectivity index (χ0n) is 11.6. The summed E-state index contributed by atoms with van der Waals surface area (Å²) in [6, 6.07) is 7.44. The molecule has 6 nitrogen and oxygen atoms in total. The third kappa shape index (κ3) is 3.40. The van der Waals surface area contributed by atoms with E-state index in [-0.39, 0.29) is 17.9 Å². The Balaban J connectivity index is 2.28. The van der Waals surface area contributed by atoms with Crippen LogP contribution in [0.15, 0.2) is 34.7 Å². The Labute approximate surface area is 130 Å². The predicted molar refractivity (Wildman–Crippen MR) is 77.8 cm³/mol. The van der Waals surface area contributed by atoms with E-state index < -0.39 is 17.9 Å². The van der Waals surface area contributed by atoms with E-state index in [9.17, 15) is 14.7 Å². The molecule has 22 heavy (non-hydrogen) atoms. The maximum atomic E-state index is 11.5. The van der Waals surface area contributed by atoms with Crippen LogP contribution in [0.2, 0.25) is 5.02 Å². The molecule has 1 heterocycles. The second-order valence-corrected chi connectivity index (χ2v) is 4.97. The quantitative estimate of drug-likeness (QED) is 0.847. The smallest absolute Gasteiger partial charge is 0.371 e. The highest BCUT2D eigenvalue weighted by atomic mass is 35.5. The standard InChI is InChI=1S/C15H13ClO6/c1-21-12-4-2-8(6-11(12)16)10(14(17)18)7-9-3-5-13(22-9)15(19)20/h2-6,10H,7H2,1H3,(H,17,18)(H,19,20). The van der Waals surface area contributed by atoms with Gasteiger partial charge in [0.1, 0.15) is 11.5 Å². The van der Waals surface area contributed by atoms with Gasteiger partial charge in [0, 0.05) is 6.42 Å². The van der Waals surface area contributed by atoms with E-state index in [1.54, 1.807) is 12.1 Å². The normalized spacial score (nSPS) is 11.9. The molecule has 0 radical (unpaired) electrons. The number of methoxy groups -OCH3 is 1. The molecule has 2 aromatic rings. The van der Waals surface area contributed by atoms with Crippen molar-refractivity contribution in [3.05, 3.63) is 52.4 Å². The highest BCUT2D eigenvalue weighted by molar-refractivity contribution is 6.32. The molecule has 1 unspecified atom stereocenters. The molecule has 0 bridgehead atoms. The molecule has 2 N–H and O–H groups in total. The van der Waals surface area contributed by atoms with Crippen molar-refractivity contribution in [2.24, 2.45) is 0 Å². The maximum absolute atomic E-state index is 11.5. The van der Waals surface area contributed by atoms with Crippen LogP contribution in [0.25, 0.3) is 0 Å². The molecule has 0 fully saturated rings. The zero-order valence-corrected chi connectivity index (χ0v) is 12.3. The number of hydrogen-bond acceptors (Lipinski definition) is 4. The minimum Gasteiger partial charge on any atom is -0.495 e. The fraction of sp³-hybridized carbons (Fsp3) is 0.200. The van der Waals surface area contributed by atoms with Crippen molar-refractivity contribution in [1.29, 1.82) is 0 Å². The lowest BCUT2D eigenvalue weighted by Crippen LogP contribution is -2.14. The number of benzene rings is 1. The van der Waals surface area contributed by atoms with Crippen molar-refractivity contribution in [2.45, 2.75) is 12.3 Å². The van der Waals surface area contributed by atoms with Gasteiger partial charge in [0.15, 0.2) is 0 Å². The first-order valence-corrected chi connectivity index (χ1v) is 6.68. The fourth-order valence-electron chi connectivity index (χ4n) is 2.05. The summed E-state index contributed by atoms with van der Waals surface area (Å²) < 4.78 is 10.1. The van der Waals surface area contributed by atoms with Crippen LogP contribution in [0.3, 0.4) is 0 Å². The summed E-state index contributed by atoms with van der Waals surface area (Å²) in [4.78, 5) is 22.3. The van der Waals surface area contributed by atoms with E-state index in [1.165, 1.54) is 25.3 Å². The lowest BCUT2D eigenvalue weighted by atomic mass is 9.94. The predicted octanol–water partition coefficient (Wildman–Crippen LogP) is 3.05. The average molecular weight is 325 g/mol. The molecule has 1 aromatic carbocycles. The molecule has 0 amide bonds. The number of carboxylic acid groups (broad SMARTS) is 2. The molecule has 1 atom stereocenters. The molecule has 116 valence electrons. The minimum absolute atomic E-state index is 0.0191. The number of ether oxygens (including phenoxy) is 1. The van der Waals surface area contributed by atoms with Crippen molar-refractivity contribution >= 4 is 23.5 Å². The Bertz CT molecular complexity index is 706. The summed E-state index contributed by atoms with van der Waals surface area (Å²) in [6.07, 6.45) is 0.0191. The van der Waals surface area contributed by atoms with Gasteiger partial charge in [0.2, 0.25) is 5.76 Å². The first kappa shape index (κ1) is 15.9. The lowest BCUT2D eigenvalue weighted by Gasteiger charge is -2.13. The van der Waals surface area contributed by atoms with Crippen molar-refractivity contribution in [3.63, 3.8) is 0 Å². The Morgan fingerprint density at radius 1 is 1.27 bits per heavy atom. The van der Waals surface area contributed by atoms with Gasteiger partial charge in [-0.25, -0.2) is 4.79 Å². The van der Waals surface area contributed by atoms with E-state index in [1.807, 2.05) is 0 Å². The summed E-state index contributed by atoms with van der Waals surface area (Å²) >= 11 is 6.01. The number of aliphatic carboxylic acids is 1. The van der Waals surface area contributed by atoms with Crippen LogP contribution >= 0.6 is 11.6 Å². The summed E-state index contributed by atoms with van der Waals surface area (Å²) in [6.45, 7) is 0. The highest BCUT2D eigenvalue weighted by Crippen LogP contribution is 2.30. The van der Waals surface area contributed by atoms with Crippen LogP contribution in [0, 0.1) is 0 Å². The Morgan fingerprint density at radius 2 is 2.00 bits per heavy atom. The van der Waals surface area contributed by atoms with Crippen LogP contribution in [-0.4, -0.2) is 29.3 Å². The van der Waals surface area contributed by atoms with Gasteiger partial charge in [-0.2, -0.15) is 0 Å². The molecule has 0 aliphatic rings. The summed E-state index contributed by atoms with van der Waals surface area (Å²) in [5.41, 5.74) is 0.478. The highest BCUT2D eigenvalue weighted by Gasteiger charge is 2.23. The van der Waals surface area contributed by atoms with Gasteiger partial charge in [0.25, 0.3) is 0 Å². The van der Waals surface area contributed by atoms with E-state index in [2.05, 4.69) is 0 Å². The molecule has 0 saturated carbocycles. The second kappa shape index (κ2) is 6.53. The van der Waals surface area contributed by atoms with E-state index in [0.29, 0.717) is 16.3 Å². The van der Waals surface area contributed by atoms with Gasteiger partial charge in [-0.1, -0.05) is 17.7 Å². The molecule has 0 aliphatic heterocycles. The zero-order chi connectivity index (χ0) is 16.3. The molecular formula is C15H13ClO6. The van der Waals surface area contributed by atoms with Gasteiger partial charge >= 0.3 is 11.9 Å². The number of carboxylic acids is 2. The summed E-state index contributed by atoms with van der Waals surface area (Å²) in [5, 5.41) is 18.5. The van der Waals surface area contributed by atoms with E-state index in [0.717, 1.165) is 0 Å². The van der Waals surface area contributed by atoms with Crippen LogP contribution in [0.5, 0.6) is 5.75 Å². The van der Waals surface area contributed by atoms with E-state index >= 15 is 0 Å². The van der Waals surface area contributed by atoms with Gasteiger partial charge < -0.3 is 19.4 Å². The van der Waals surface area contributed by atoms with Crippen LogP contribution in [-0.2, 0) is 11.2 Å². The van der Waals surface area contributed by atoms with Crippen molar-refractivity contribution in [2.75, 3.05) is 7.11 Å². The first-order valence-electron chi connectivity index (χ1n) is 6.30. The number of hydrogen-bond donors (Lipinski definition) is 2. The molecule has 0 saturated heterocycles. The SMILES string of the molecule is COc1ccc(C(Cc2ccc(C(=O)O)o2)C(=O)O)cc1Cl. The van der Waals surface area contributed by atoms with Crippen molar-refractivity contribution in [1.82, 2.24) is 0 Å². The Morgan fingerprint density at radius 3 is 2.50 bits per heavy atom. The third-order valence-corrected chi connectivity index (χ3v) is 3.45. The summed E-state index contributed by atoms with van der Waals surface area (Å²) in [5.74, 6) is -2.68. The second-order valence-electron chi connectivity index (χ2n) is 4.56. The van der Waals surface area contributed by atoms with Crippen LogP contribution in [0.4, 0.5) is 0 Å². The average Bonchev–Trinajstić information content (AvgIpc) is 2.93. The number of aromatic carboxylic acids is 1. The summed E-state index contributed by atoms with van der Waals surface area (Å²) in [7, 11) is 1.46. The molecule has 1 aromatic heterocycles. The minimum atomic E-state index is -1.20. The topological polar surface area (TPSA) is 97.0 Å². The molecular weight excluding hydrogens is 312 g/mol. The van der Waals surface area contributed by atoms with Gasteiger partial charge in [-0.05, 0) is 29.8 Å². The van der Waals surface area contributed by atoms with Crippen LogP contribution < -0.4 is 4.74 Å².